The van der Waals surface area contributed by atoms with E-state index < -0.39 is 44.7 Å². The molecule has 1 aromatic carbocycles. The van der Waals surface area contributed by atoms with Crippen molar-refractivity contribution in [2.75, 3.05) is 26.3 Å². The second kappa shape index (κ2) is 8.67. The fraction of sp³-hybridized carbons (Fsp3) is 0.300. The Morgan fingerprint density at radius 1 is 0.882 bits per heavy atom. The average Bonchev–Trinajstić information content (AvgIpc) is 2.78. The number of hydrogen-bond acceptors (Lipinski definition) is 6. The van der Waals surface area contributed by atoms with E-state index in [2.05, 4.69) is 9.97 Å². The molecule has 0 unspecified atom stereocenters. The van der Waals surface area contributed by atoms with Gasteiger partial charge in [0.2, 0.25) is 15.9 Å². The minimum absolute atomic E-state index is 0.0143. The van der Waals surface area contributed by atoms with E-state index in [9.17, 15) is 34.8 Å². The Hall–Kier alpha value is -2.97. The van der Waals surface area contributed by atoms with Crippen LogP contribution in [0.25, 0.3) is 11.0 Å². The zero-order chi connectivity index (χ0) is 24.7. The first kappa shape index (κ1) is 24.2. The highest BCUT2D eigenvalue weighted by molar-refractivity contribution is 7.89. The van der Waals surface area contributed by atoms with E-state index in [1.54, 1.807) is 0 Å². The normalized spacial score (nSPS) is 16.1. The van der Waals surface area contributed by atoms with Crippen LogP contribution in [0.4, 0.5) is 26.3 Å². The van der Waals surface area contributed by atoms with Crippen LogP contribution in [-0.4, -0.2) is 49.0 Å². The molecule has 0 bridgehead atoms. The number of hydrogen-bond donors (Lipinski definition) is 0. The van der Waals surface area contributed by atoms with Crippen LogP contribution in [0.5, 0.6) is 11.6 Å². The highest BCUT2D eigenvalue weighted by Gasteiger charge is 2.39. The molecular weight excluding hydrogens is 492 g/mol. The molecule has 3 aromatic rings. The summed E-state index contributed by atoms with van der Waals surface area (Å²) in [7, 11) is -3.76. The fourth-order valence-electron chi connectivity index (χ4n) is 3.26. The lowest BCUT2D eigenvalue weighted by atomic mass is 10.1. The van der Waals surface area contributed by atoms with Crippen molar-refractivity contribution in [3.63, 3.8) is 0 Å². The molecule has 182 valence electrons. The van der Waals surface area contributed by atoms with E-state index in [0.717, 1.165) is 12.1 Å². The Balaban J connectivity index is 1.63. The van der Waals surface area contributed by atoms with Crippen molar-refractivity contribution < 1.29 is 44.2 Å². The zero-order valence-electron chi connectivity index (χ0n) is 17.0. The summed E-state index contributed by atoms with van der Waals surface area (Å²) in [6.07, 6.45) is -10.2. The van der Waals surface area contributed by atoms with Gasteiger partial charge in [-0.15, -0.1) is 0 Å². The molecular formula is C20H15F6N3O4S. The second-order valence-electron chi connectivity index (χ2n) is 7.16. The van der Waals surface area contributed by atoms with Gasteiger partial charge in [0, 0.05) is 24.5 Å². The predicted molar refractivity (Wildman–Crippen MR) is 106 cm³/mol. The molecule has 0 N–H and O–H groups in total. The molecule has 0 atom stereocenters. The number of alkyl halides is 6. The molecule has 0 spiro atoms. The molecule has 34 heavy (non-hydrogen) atoms. The molecule has 3 heterocycles. The number of halogens is 6. The first-order valence-corrected chi connectivity index (χ1v) is 11.1. The Bertz CT molecular complexity index is 1300. The summed E-state index contributed by atoms with van der Waals surface area (Å²) in [6.45, 7) is 0.950. The maximum Gasteiger partial charge on any atom is 0.433 e. The number of ether oxygens (including phenoxy) is 2. The number of morpholine rings is 1. The van der Waals surface area contributed by atoms with Crippen molar-refractivity contribution in [3.8, 4) is 11.6 Å². The maximum absolute atomic E-state index is 13.3. The van der Waals surface area contributed by atoms with Crippen LogP contribution < -0.4 is 4.74 Å². The van der Waals surface area contributed by atoms with Gasteiger partial charge in [0.25, 0.3) is 0 Å². The maximum atomic E-state index is 13.3. The highest BCUT2D eigenvalue weighted by atomic mass is 32.2. The summed E-state index contributed by atoms with van der Waals surface area (Å²) < 4.78 is 116. The Kier molecular flexibility index (Phi) is 6.16. The van der Waals surface area contributed by atoms with Crippen LogP contribution in [0.3, 0.4) is 0 Å². The summed E-state index contributed by atoms with van der Waals surface area (Å²) >= 11 is 0. The van der Waals surface area contributed by atoms with E-state index >= 15 is 0 Å². The number of fused-ring (bicyclic) bond motifs is 1. The molecule has 1 aliphatic heterocycles. The number of aromatic nitrogens is 2. The van der Waals surface area contributed by atoms with Crippen molar-refractivity contribution in [1.29, 1.82) is 0 Å². The molecule has 7 nitrogen and oxygen atoms in total. The zero-order valence-corrected chi connectivity index (χ0v) is 17.8. The van der Waals surface area contributed by atoms with Gasteiger partial charge in [0.15, 0.2) is 5.65 Å². The number of rotatable bonds is 4. The number of sulfonamides is 1. The van der Waals surface area contributed by atoms with E-state index in [1.807, 2.05) is 0 Å². The Labute approximate surface area is 189 Å². The van der Waals surface area contributed by atoms with Crippen LogP contribution in [-0.2, 0) is 27.1 Å². The third-order valence-corrected chi connectivity index (χ3v) is 6.81. The van der Waals surface area contributed by atoms with Crippen molar-refractivity contribution in [1.82, 2.24) is 14.3 Å². The van der Waals surface area contributed by atoms with Crippen LogP contribution in [0.1, 0.15) is 11.3 Å². The summed E-state index contributed by atoms with van der Waals surface area (Å²) in [5.41, 5.74) is -4.07. The fourth-order valence-corrected chi connectivity index (χ4v) is 4.67. The minimum atomic E-state index is -5.12. The third-order valence-electron chi connectivity index (χ3n) is 4.90. The molecule has 2 aromatic heterocycles. The van der Waals surface area contributed by atoms with E-state index in [0.29, 0.717) is 0 Å². The van der Waals surface area contributed by atoms with Crippen molar-refractivity contribution in [2.45, 2.75) is 17.2 Å². The molecule has 0 amide bonds. The van der Waals surface area contributed by atoms with Crippen molar-refractivity contribution in [3.05, 3.63) is 53.7 Å². The quantitative estimate of drug-likeness (QED) is 0.485. The summed E-state index contributed by atoms with van der Waals surface area (Å²) in [4.78, 5) is 6.89. The number of pyridine rings is 2. The van der Waals surface area contributed by atoms with Crippen LogP contribution in [0, 0.1) is 0 Å². The van der Waals surface area contributed by atoms with Gasteiger partial charge in [-0.25, -0.2) is 13.4 Å². The lowest BCUT2D eigenvalue weighted by Gasteiger charge is -2.26. The first-order valence-electron chi connectivity index (χ1n) is 9.68. The summed E-state index contributed by atoms with van der Waals surface area (Å²) in [5, 5.41) is -0.625. The monoisotopic (exact) mass is 507 g/mol. The molecule has 1 fully saturated rings. The van der Waals surface area contributed by atoms with Crippen molar-refractivity contribution >= 4 is 21.1 Å². The molecule has 0 saturated carbocycles. The van der Waals surface area contributed by atoms with Crippen LogP contribution >= 0.6 is 0 Å². The summed E-state index contributed by atoms with van der Waals surface area (Å²) in [6, 6.07) is 7.00. The van der Waals surface area contributed by atoms with E-state index in [1.165, 1.54) is 28.6 Å². The SMILES string of the molecule is O=S(=O)(c1ccc(Oc2ccc3c(C(F)(F)F)cc(C(F)(F)F)nc3n2)cc1)N1CCOCC1. The van der Waals surface area contributed by atoms with E-state index in [4.69, 9.17) is 9.47 Å². The van der Waals surface area contributed by atoms with Crippen LogP contribution in [0.15, 0.2) is 47.4 Å². The van der Waals surface area contributed by atoms with Crippen LogP contribution in [0.2, 0.25) is 0 Å². The second-order valence-corrected chi connectivity index (χ2v) is 9.10. The van der Waals surface area contributed by atoms with Gasteiger partial charge in [0.05, 0.1) is 23.7 Å². The molecule has 4 rings (SSSR count). The van der Waals surface area contributed by atoms with E-state index in [-0.39, 0.29) is 48.9 Å². The van der Waals surface area contributed by atoms with Gasteiger partial charge >= 0.3 is 12.4 Å². The smallest absolute Gasteiger partial charge is 0.433 e. The topological polar surface area (TPSA) is 81.6 Å². The molecule has 14 heteroatoms. The molecule has 1 saturated heterocycles. The van der Waals surface area contributed by atoms with Gasteiger partial charge in [0.1, 0.15) is 11.4 Å². The number of nitrogens with zero attached hydrogens (tertiary/aromatic N) is 3. The number of benzene rings is 1. The minimum Gasteiger partial charge on any atom is -0.439 e. The summed E-state index contributed by atoms with van der Waals surface area (Å²) in [5.74, 6) is -0.257. The lowest BCUT2D eigenvalue weighted by molar-refractivity contribution is -0.144. The lowest BCUT2D eigenvalue weighted by Crippen LogP contribution is -2.40. The van der Waals surface area contributed by atoms with Gasteiger partial charge in [-0.1, -0.05) is 0 Å². The van der Waals surface area contributed by atoms with Crippen molar-refractivity contribution in [2.24, 2.45) is 0 Å². The van der Waals surface area contributed by atoms with Gasteiger partial charge < -0.3 is 9.47 Å². The molecule has 1 aliphatic rings. The molecule has 0 radical (unpaired) electrons. The van der Waals surface area contributed by atoms with Gasteiger partial charge in [-0.2, -0.15) is 35.6 Å². The predicted octanol–water partition coefficient (Wildman–Crippen LogP) is 4.48. The first-order chi connectivity index (χ1) is 15.9. The average molecular weight is 507 g/mol. The van der Waals surface area contributed by atoms with Gasteiger partial charge in [-0.05, 0) is 36.4 Å². The largest absolute Gasteiger partial charge is 0.439 e. The third kappa shape index (κ3) is 4.93. The van der Waals surface area contributed by atoms with Gasteiger partial charge in [-0.3, -0.25) is 0 Å². The highest BCUT2D eigenvalue weighted by Crippen LogP contribution is 2.38. The Morgan fingerprint density at radius 2 is 1.53 bits per heavy atom. The molecule has 0 aliphatic carbocycles. The standard InChI is InChI=1S/C20H15F6N3O4S/c21-19(22,23)15-11-16(20(24,25)26)27-18-14(15)5-6-17(28-18)33-12-1-3-13(4-2-12)34(30,31)29-7-9-32-10-8-29/h1-6,11H,7-10H2. The Morgan fingerprint density at radius 3 is 2.12 bits per heavy atom.